The lowest BCUT2D eigenvalue weighted by atomic mass is 9.83. The van der Waals surface area contributed by atoms with E-state index in [0.717, 1.165) is 0 Å². The van der Waals surface area contributed by atoms with Gasteiger partial charge in [0.2, 0.25) is 0 Å². The Morgan fingerprint density at radius 3 is 2.55 bits per heavy atom. The second-order valence-corrected chi connectivity index (χ2v) is 10.4. The third-order valence-corrected chi connectivity index (χ3v) is 6.72. The van der Waals surface area contributed by atoms with E-state index in [0.29, 0.717) is 23.2 Å². The van der Waals surface area contributed by atoms with Crippen LogP contribution in [-0.2, 0) is 16.4 Å². The Labute approximate surface area is 186 Å². The fraction of sp³-hybridized carbons (Fsp3) is 0.286. The SMILES string of the molecule is CC(C)(C)C(Cc1cc(-c2ccc(Cl)nc2)n(S(=O)(=O)c2cccnc2)c1)NC(=O)O. The first-order valence-electron chi connectivity index (χ1n) is 9.47. The van der Waals surface area contributed by atoms with Crippen molar-refractivity contribution >= 4 is 27.7 Å². The molecule has 0 bridgehead atoms. The van der Waals surface area contributed by atoms with E-state index in [4.69, 9.17) is 11.6 Å². The standard InChI is InChI=1S/C21H23ClN4O4S/c1-21(2,3)18(25-20(27)28)10-14-9-17(15-6-7-19(22)24-11-15)26(13-14)31(29,30)16-5-4-8-23-12-16/h4-9,11-13,18,25H,10H2,1-3H3,(H,27,28). The average molecular weight is 463 g/mol. The minimum atomic E-state index is -3.94. The molecule has 3 rings (SSSR count). The number of hydrogen-bond acceptors (Lipinski definition) is 5. The molecule has 3 aromatic heterocycles. The van der Waals surface area contributed by atoms with Crippen LogP contribution in [0.2, 0.25) is 5.15 Å². The Morgan fingerprint density at radius 2 is 2.00 bits per heavy atom. The molecule has 2 N–H and O–H groups in total. The molecule has 8 nitrogen and oxygen atoms in total. The van der Waals surface area contributed by atoms with Gasteiger partial charge in [0.05, 0.1) is 5.69 Å². The van der Waals surface area contributed by atoms with Crippen LogP contribution < -0.4 is 5.32 Å². The highest BCUT2D eigenvalue weighted by atomic mass is 35.5. The van der Waals surface area contributed by atoms with Crippen LogP contribution in [-0.4, -0.2) is 39.6 Å². The molecule has 1 unspecified atom stereocenters. The predicted octanol–water partition coefficient (Wildman–Crippen LogP) is 4.06. The number of aromatic nitrogens is 3. The Bertz CT molecular complexity index is 1170. The van der Waals surface area contributed by atoms with Crippen LogP contribution >= 0.6 is 11.6 Å². The van der Waals surface area contributed by atoms with Gasteiger partial charge in [0.1, 0.15) is 10.0 Å². The van der Waals surface area contributed by atoms with Gasteiger partial charge in [-0.3, -0.25) is 4.98 Å². The molecule has 0 saturated heterocycles. The van der Waals surface area contributed by atoms with Crippen molar-refractivity contribution in [3.05, 3.63) is 65.8 Å². The lowest BCUT2D eigenvalue weighted by Crippen LogP contribution is -2.44. The van der Waals surface area contributed by atoms with Crippen molar-refractivity contribution in [1.82, 2.24) is 19.3 Å². The predicted molar refractivity (Wildman–Crippen MR) is 118 cm³/mol. The lowest BCUT2D eigenvalue weighted by Gasteiger charge is -2.30. The van der Waals surface area contributed by atoms with Crippen molar-refractivity contribution in [2.75, 3.05) is 0 Å². The number of carboxylic acid groups (broad SMARTS) is 1. The number of hydrogen-bond donors (Lipinski definition) is 2. The Hall–Kier alpha value is -2.91. The van der Waals surface area contributed by atoms with E-state index in [1.54, 1.807) is 24.3 Å². The van der Waals surface area contributed by atoms with Gasteiger partial charge in [-0.05, 0) is 47.7 Å². The van der Waals surface area contributed by atoms with E-state index in [2.05, 4.69) is 15.3 Å². The van der Waals surface area contributed by atoms with Crippen LogP contribution in [0.4, 0.5) is 4.79 Å². The molecule has 0 aliphatic rings. The van der Waals surface area contributed by atoms with Gasteiger partial charge in [0, 0.05) is 36.4 Å². The molecule has 0 aliphatic heterocycles. The molecule has 0 spiro atoms. The highest BCUT2D eigenvalue weighted by Gasteiger charge is 2.29. The Morgan fingerprint density at radius 1 is 1.26 bits per heavy atom. The summed E-state index contributed by atoms with van der Waals surface area (Å²) >= 11 is 5.89. The quantitative estimate of drug-likeness (QED) is 0.534. The smallest absolute Gasteiger partial charge is 0.404 e. The van der Waals surface area contributed by atoms with Crippen LogP contribution in [0, 0.1) is 5.41 Å². The number of nitrogens with zero attached hydrogens (tertiary/aromatic N) is 3. The highest BCUT2D eigenvalue weighted by Crippen LogP contribution is 2.30. The van der Waals surface area contributed by atoms with Gasteiger partial charge in [0.25, 0.3) is 10.0 Å². The summed E-state index contributed by atoms with van der Waals surface area (Å²) in [6.07, 6.45) is 4.95. The number of carbonyl (C=O) groups is 1. The first kappa shape index (κ1) is 22.8. The first-order valence-corrected chi connectivity index (χ1v) is 11.3. The van der Waals surface area contributed by atoms with Crippen LogP contribution in [0.5, 0.6) is 0 Å². The highest BCUT2D eigenvalue weighted by molar-refractivity contribution is 7.90. The lowest BCUT2D eigenvalue weighted by molar-refractivity contribution is 0.174. The molecule has 1 atom stereocenters. The zero-order chi connectivity index (χ0) is 22.8. The third-order valence-electron chi connectivity index (χ3n) is 4.84. The van der Waals surface area contributed by atoms with Gasteiger partial charge < -0.3 is 10.4 Å². The Kier molecular flexibility index (Phi) is 6.38. The molecule has 164 valence electrons. The summed E-state index contributed by atoms with van der Waals surface area (Å²) in [6, 6.07) is 7.57. The number of halogens is 1. The first-order chi connectivity index (χ1) is 14.5. The molecule has 3 heterocycles. The van der Waals surface area contributed by atoms with Crippen LogP contribution in [0.15, 0.2) is 60.0 Å². The largest absolute Gasteiger partial charge is 0.465 e. The third kappa shape index (κ3) is 5.23. The van der Waals surface area contributed by atoms with Crippen LogP contribution in [0.3, 0.4) is 0 Å². The zero-order valence-electron chi connectivity index (χ0n) is 17.3. The van der Waals surface area contributed by atoms with E-state index in [1.807, 2.05) is 20.8 Å². The maximum absolute atomic E-state index is 13.3. The van der Waals surface area contributed by atoms with Crippen molar-refractivity contribution in [2.45, 2.75) is 38.1 Å². The van der Waals surface area contributed by atoms with E-state index < -0.39 is 22.2 Å². The van der Waals surface area contributed by atoms with Gasteiger partial charge >= 0.3 is 6.09 Å². The summed E-state index contributed by atoms with van der Waals surface area (Å²) in [4.78, 5) is 19.3. The fourth-order valence-electron chi connectivity index (χ4n) is 3.12. The van der Waals surface area contributed by atoms with Crippen LogP contribution in [0.25, 0.3) is 11.3 Å². The minimum Gasteiger partial charge on any atom is -0.465 e. The average Bonchev–Trinajstić information content (AvgIpc) is 3.12. The molecular formula is C21H23ClN4O4S. The topological polar surface area (TPSA) is 114 Å². The van der Waals surface area contributed by atoms with Crippen LogP contribution in [0.1, 0.15) is 26.3 Å². The number of amides is 1. The fourth-order valence-corrected chi connectivity index (χ4v) is 4.59. The molecule has 0 aliphatic carbocycles. The van der Waals surface area contributed by atoms with Gasteiger partial charge in [-0.15, -0.1) is 0 Å². The van der Waals surface area contributed by atoms with E-state index >= 15 is 0 Å². The van der Waals surface area contributed by atoms with Crippen molar-refractivity contribution in [3.8, 4) is 11.3 Å². The molecule has 0 fully saturated rings. The molecule has 31 heavy (non-hydrogen) atoms. The maximum atomic E-state index is 13.3. The molecule has 0 aromatic carbocycles. The van der Waals surface area contributed by atoms with Crippen molar-refractivity contribution in [3.63, 3.8) is 0 Å². The Balaban J connectivity index is 2.12. The van der Waals surface area contributed by atoms with Gasteiger partial charge in [0.15, 0.2) is 0 Å². The minimum absolute atomic E-state index is 0.0383. The summed E-state index contributed by atoms with van der Waals surface area (Å²) in [5, 5.41) is 12.0. The molecular weight excluding hydrogens is 440 g/mol. The summed E-state index contributed by atoms with van der Waals surface area (Å²) < 4.78 is 27.8. The monoisotopic (exact) mass is 462 g/mol. The second kappa shape index (κ2) is 8.68. The maximum Gasteiger partial charge on any atom is 0.404 e. The van der Waals surface area contributed by atoms with Crippen molar-refractivity contribution < 1.29 is 18.3 Å². The molecule has 3 aromatic rings. The van der Waals surface area contributed by atoms with Crippen molar-refractivity contribution in [1.29, 1.82) is 0 Å². The number of pyridine rings is 2. The number of nitrogens with one attached hydrogen (secondary N) is 1. The zero-order valence-corrected chi connectivity index (χ0v) is 18.9. The molecule has 0 saturated carbocycles. The number of rotatable bonds is 6. The van der Waals surface area contributed by atoms with E-state index in [1.165, 1.54) is 34.8 Å². The summed E-state index contributed by atoms with van der Waals surface area (Å²) in [5.41, 5.74) is 1.23. The van der Waals surface area contributed by atoms with E-state index in [9.17, 15) is 18.3 Å². The molecule has 0 radical (unpaired) electrons. The van der Waals surface area contributed by atoms with Crippen molar-refractivity contribution in [2.24, 2.45) is 5.41 Å². The van der Waals surface area contributed by atoms with Gasteiger partial charge in [-0.2, -0.15) is 0 Å². The molecule has 1 amide bonds. The van der Waals surface area contributed by atoms with Gasteiger partial charge in [-0.1, -0.05) is 32.4 Å². The summed E-state index contributed by atoms with van der Waals surface area (Å²) in [6.45, 7) is 5.75. The summed E-state index contributed by atoms with van der Waals surface area (Å²) in [5.74, 6) is 0. The van der Waals surface area contributed by atoms with Gasteiger partial charge in [-0.25, -0.2) is 22.2 Å². The molecule has 10 heteroatoms. The van der Waals surface area contributed by atoms with E-state index in [-0.39, 0.29) is 15.5 Å². The normalized spacial score (nSPS) is 13.0. The summed E-state index contributed by atoms with van der Waals surface area (Å²) in [7, 11) is -3.94. The second-order valence-electron chi connectivity index (χ2n) is 8.17.